The molecule has 0 radical (unpaired) electrons. The Hall–Kier alpha value is -1.95. The van der Waals surface area contributed by atoms with Crippen LogP contribution in [0.1, 0.15) is 46.0 Å². The van der Waals surface area contributed by atoms with Crippen LogP contribution in [0.2, 0.25) is 0 Å². The van der Waals surface area contributed by atoms with E-state index in [4.69, 9.17) is 14.2 Å². The predicted molar refractivity (Wildman–Crippen MR) is 107 cm³/mol. The molecule has 1 aliphatic rings. The molecule has 1 aromatic carbocycles. The van der Waals surface area contributed by atoms with Gasteiger partial charge in [-0.3, -0.25) is 4.99 Å². The van der Waals surface area contributed by atoms with Crippen LogP contribution in [0.25, 0.3) is 0 Å². The van der Waals surface area contributed by atoms with Gasteiger partial charge in [-0.15, -0.1) is 0 Å². The summed E-state index contributed by atoms with van der Waals surface area (Å²) >= 11 is 0. The summed E-state index contributed by atoms with van der Waals surface area (Å²) in [5.74, 6) is 2.21. The molecule has 146 valence electrons. The monoisotopic (exact) mass is 363 g/mol. The van der Waals surface area contributed by atoms with Crippen LogP contribution in [0.3, 0.4) is 0 Å². The first-order valence-electron chi connectivity index (χ1n) is 9.74. The van der Waals surface area contributed by atoms with Gasteiger partial charge in [-0.2, -0.15) is 0 Å². The number of hydrogen-bond donors (Lipinski definition) is 2. The number of ether oxygens (including phenoxy) is 3. The highest BCUT2D eigenvalue weighted by atomic mass is 16.5. The van der Waals surface area contributed by atoms with E-state index in [2.05, 4.69) is 22.5 Å². The average molecular weight is 364 g/mol. The van der Waals surface area contributed by atoms with Crippen molar-refractivity contribution in [3.8, 4) is 11.5 Å². The van der Waals surface area contributed by atoms with Gasteiger partial charge in [0.05, 0.1) is 19.8 Å². The van der Waals surface area contributed by atoms with Crippen molar-refractivity contribution in [2.45, 2.75) is 52.1 Å². The zero-order valence-electron chi connectivity index (χ0n) is 16.3. The first kappa shape index (κ1) is 20.4. The topological polar surface area (TPSA) is 64.1 Å². The number of nitrogens with zero attached hydrogens (tertiary/aromatic N) is 1. The summed E-state index contributed by atoms with van der Waals surface area (Å²) in [6, 6.07) is 5.79. The maximum absolute atomic E-state index is 5.89. The van der Waals surface area contributed by atoms with E-state index in [0.29, 0.717) is 18.5 Å². The van der Waals surface area contributed by atoms with Crippen LogP contribution >= 0.6 is 0 Å². The van der Waals surface area contributed by atoms with E-state index in [1.165, 1.54) is 25.7 Å². The summed E-state index contributed by atoms with van der Waals surface area (Å²) in [4.78, 5) is 4.63. The molecule has 2 rings (SSSR count). The molecule has 6 heteroatoms. The molecule has 1 aliphatic carbocycles. The van der Waals surface area contributed by atoms with E-state index >= 15 is 0 Å². The van der Waals surface area contributed by atoms with Crippen molar-refractivity contribution in [2.75, 3.05) is 38.7 Å². The van der Waals surface area contributed by atoms with E-state index in [1.807, 2.05) is 25.1 Å². The zero-order valence-corrected chi connectivity index (χ0v) is 16.3. The molecular weight excluding hydrogens is 330 g/mol. The third-order valence-electron chi connectivity index (χ3n) is 4.30. The van der Waals surface area contributed by atoms with Crippen molar-refractivity contribution in [3.05, 3.63) is 18.2 Å². The second-order valence-corrected chi connectivity index (χ2v) is 6.32. The molecule has 0 atom stereocenters. The van der Waals surface area contributed by atoms with Gasteiger partial charge in [0.15, 0.2) is 17.5 Å². The molecule has 0 bridgehead atoms. The summed E-state index contributed by atoms with van der Waals surface area (Å²) in [6.07, 6.45) is 6.45. The van der Waals surface area contributed by atoms with E-state index in [0.717, 1.165) is 43.5 Å². The van der Waals surface area contributed by atoms with E-state index < -0.39 is 0 Å². The molecule has 26 heavy (non-hydrogen) atoms. The number of aliphatic imine (C=N–C) groups is 1. The van der Waals surface area contributed by atoms with Crippen molar-refractivity contribution in [1.29, 1.82) is 0 Å². The fourth-order valence-corrected chi connectivity index (χ4v) is 3.02. The number of hydrogen-bond acceptors (Lipinski definition) is 4. The molecule has 0 aromatic heterocycles. The SMILES string of the molecule is CCNC(=NCCCOC1CCCC1)Nc1ccc(OCC)c(OC)c1. The summed E-state index contributed by atoms with van der Waals surface area (Å²) in [5, 5.41) is 6.58. The molecule has 0 spiro atoms. The van der Waals surface area contributed by atoms with Gasteiger partial charge < -0.3 is 24.8 Å². The van der Waals surface area contributed by atoms with Gasteiger partial charge >= 0.3 is 0 Å². The highest BCUT2D eigenvalue weighted by Gasteiger charge is 2.14. The van der Waals surface area contributed by atoms with Crippen LogP contribution in [-0.4, -0.2) is 45.5 Å². The minimum absolute atomic E-state index is 0.474. The standard InChI is InChI=1S/C20H33N3O3/c1-4-21-20(22-13-8-14-26-17-9-6-7-10-17)23-16-11-12-18(25-5-2)19(15-16)24-3/h11-12,15,17H,4-10,13-14H2,1-3H3,(H2,21,22,23). The fraction of sp³-hybridized carbons (Fsp3) is 0.650. The van der Waals surface area contributed by atoms with Crippen molar-refractivity contribution in [3.63, 3.8) is 0 Å². The Bertz CT molecular complexity index is 557. The first-order chi connectivity index (χ1) is 12.8. The molecule has 0 amide bonds. The fourth-order valence-electron chi connectivity index (χ4n) is 3.02. The lowest BCUT2D eigenvalue weighted by Crippen LogP contribution is -2.30. The van der Waals surface area contributed by atoms with Gasteiger partial charge in [0.2, 0.25) is 0 Å². The summed E-state index contributed by atoms with van der Waals surface area (Å²) < 4.78 is 16.8. The number of nitrogens with one attached hydrogen (secondary N) is 2. The van der Waals surface area contributed by atoms with E-state index in [1.54, 1.807) is 7.11 Å². The molecule has 1 saturated carbocycles. The lowest BCUT2D eigenvalue weighted by atomic mass is 10.2. The number of guanidine groups is 1. The van der Waals surface area contributed by atoms with Gasteiger partial charge in [0.25, 0.3) is 0 Å². The molecule has 0 aliphatic heterocycles. The van der Waals surface area contributed by atoms with Crippen molar-refractivity contribution in [1.82, 2.24) is 5.32 Å². The summed E-state index contributed by atoms with van der Waals surface area (Å²) in [5.41, 5.74) is 0.909. The second-order valence-electron chi connectivity index (χ2n) is 6.32. The first-order valence-corrected chi connectivity index (χ1v) is 9.74. The third kappa shape index (κ3) is 6.75. The molecule has 1 fully saturated rings. The molecular formula is C20H33N3O3. The van der Waals surface area contributed by atoms with Crippen LogP contribution < -0.4 is 20.1 Å². The van der Waals surface area contributed by atoms with E-state index in [9.17, 15) is 0 Å². The maximum Gasteiger partial charge on any atom is 0.195 e. The van der Waals surface area contributed by atoms with Crippen molar-refractivity contribution < 1.29 is 14.2 Å². The second kappa shape index (κ2) is 11.6. The average Bonchev–Trinajstić information content (AvgIpc) is 3.16. The maximum atomic E-state index is 5.89. The Kier molecular flexibility index (Phi) is 9.10. The Balaban J connectivity index is 1.85. The number of anilines is 1. The highest BCUT2D eigenvalue weighted by molar-refractivity contribution is 5.93. The zero-order chi connectivity index (χ0) is 18.6. The van der Waals surface area contributed by atoms with Crippen LogP contribution in [0.4, 0.5) is 5.69 Å². The van der Waals surface area contributed by atoms with Gasteiger partial charge in [0.1, 0.15) is 0 Å². The van der Waals surface area contributed by atoms with Crippen LogP contribution in [0.15, 0.2) is 23.2 Å². The Labute approximate surface area is 157 Å². The lowest BCUT2D eigenvalue weighted by Gasteiger charge is -2.14. The van der Waals surface area contributed by atoms with Crippen LogP contribution in [-0.2, 0) is 4.74 Å². The Morgan fingerprint density at radius 3 is 2.69 bits per heavy atom. The van der Waals surface area contributed by atoms with Crippen molar-refractivity contribution >= 4 is 11.6 Å². The van der Waals surface area contributed by atoms with Gasteiger partial charge in [0, 0.05) is 31.5 Å². The Morgan fingerprint density at radius 2 is 2.00 bits per heavy atom. The minimum Gasteiger partial charge on any atom is -0.493 e. The normalized spacial score (nSPS) is 15.1. The molecule has 0 saturated heterocycles. The number of benzene rings is 1. The Morgan fingerprint density at radius 1 is 1.19 bits per heavy atom. The minimum atomic E-state index is 0.474. The molecule has 6 nitrogen and oxygen atoms in total. The van der Waals surface area contributed by atoms with E-state index in [-0.39, 0.29) is 0 Å². The smallest absolute Gasteiger partial charge is 0.195 e. The quantitative estimate of drug-likeness (QED) is 0.376. The lowest BCUT2D eigenvalue weighted by molar-refractivity contribution is 0.0579. The van der Waals surface area contributed by atoms with Gasteiger partial charge in [-0.25, -0.2) is 0 Å². The van der Waals surface area contributed by atoms with Gasteiger partial charge in [-0.05, 0) is 45.2 Å². The molecule has 0 unspecified atom stereocenters. The molecule has 2 N–H and O–H groups in total. The summed E-state index contributed by atoms with van der Waals surface area (Å²) in [7, 11) is 1.64. The summed E-state index contributed by atoms with van der Waals surface area (Å²) in [6.45, 7) is 6.94. The van der Waals surface area contributed by atoms with Crippen LogP contribution in [0, 0.1) is 0 Å². The highest BCUT2D eigenvalue weighted by Crippen LogP contribution is 2.30. The molecule has 1 aromatic rings. The third-order valence-corrected chi connectivity index (χ3v) is 4.30. The van der Waals surface area contributed by atoms with Crippen molar-refractivity contribution in [2.24, 2.45) is 4.99 Å². The largest absolute Gasteiger partial charge is 0.493 e. The number of rotatable bonds is 10. The number of methoxy groups -OCH3 is 1. The molecule has 0 heterocycles. The van der Waals surface area contributed by atoms with Crippen LogP contribution in [0.5, 0.6) is 11.5 Å². The predicted octanol–water partition coefficient (Wildman–Crippen LogP) is 3.82. The van der Waals surface area contributed by atoms with Gasteiger partial charge in [-0.1, -0.05) is 12.8 Å².